The summed E-state index contributed by atoms with van der Waals surface area (Å²) in [4.78, 5) is 28.6. The number of aliphatic hydroxyl groups is 1. The van der Waals surface area contributed by atoms with Crippen LogP contribution in [0.15, 0.2) is 12.1 Å². The van der Waals surface area contributed by atoms with Gasteiger partial charge in [0, 0.05) is 55.9 Å². The molecule has 0 aromatic heterocycles. The van der Waals surface area contributed by atoms with Crippen LogP contribution >= 0.6 is 0 Å². The second-order valence-corrected chi connectivity index (χ2v) is 8.72. The highest BCUT2D eigenvalue weighted by Crippen LogP contribution is 2.32. The standard InChI is InChI=1S/C22H31FN4O3/c1-14-5-6-18(23)17-12-19(25-21(14)17)22(30)24-15-3-2-4-16(11-15)26-7-9-27(10-8-26)20(29)13-28/h5-6,15-16,19,25,28H,2-4,7-13H2,1H3,(H,24,30)/t15-,16+,19?/m1/s1. The van der Waals surface area contributed by atoms with Crippen molar-refractivity contribution >= 4 is 17.5 Å². The molecular weight excluding hydrogens is 387 g/mol. The van der Waals surface area contributed by atoms with Crippen molar-refractivity contribution in [1.82, 2.24) is 15.1 Å². The first kappa shape index (κ1) is 21.1. The zero-order valence-electron chi connectivity index (χ0n) is 17.5. The Hall–Kier alpha value is -2.19. The lowest BCUT2D eigenvalue weighted by molar-refractivity contribution is -0.136. The first-order valence-corrected chi connectivity index (χ1v) is 10.9. The normalized spacial score (nSPS) is 26.8. The molecule has 1 aliphatic carbocycles. The van der Waals surface area contributed by atoms with Crippen LogP contribution < -0.4 is 10.6 Å². The number of hydrogen-bond donors (Lipinski definition) is 3. The number of nitrogens with one attached hydrogen (secondary N) is 2. The van der Waals surface area contributed by atoms with E-state index < -0.39 is 12.6 Å². The molecule has 3 atom stereocenters. The van der Waals surface area contributed by atoms with Gasteiger partial charge in [0.25, 0.3) is 0 Å². The van der Waals surface area contributed by atoms with E-state index in [0.717, 1.165) is 50.0 Å². The summed E-state index contributed by atoms with van der Waals surface area (Å²) in [5.41, 5.74) is 2.32. The number of aryl methyl sites for hydroxylation is 1. The molecule has 0 spiro atoms. The van der Waals surface area contributed by atoms with Crippen LogP contribution in [-0.4, -0.2) is 77.6 Å². The number of carbonyl (C=O) groups is 2. The SMILES string of the molecule is Cc1ccc(F)c2c1NC(C(=O)N[C@@H]1CCC[C@H](N3CCN(C(=O)CO)CC3)C1)C2. The molecule has 2 fully saturated rings. The highest BCUT2D eigenvalue weighted by Gasteiger charge is 2.34. The van der Waals surface area contributed by atoms with Gasteiger partial charge in [-0.1, -0.05) is 6.07 Å². The molecule has 4 rings (SSSR count). The van der Waals surface area contributed by atoms with Crippen LogP contribution in [0.3, 0.4) is 0 Å². The summed E-state index contributed by atoms with van der Waals surface area (Å²) in [7, 11) is 0. The molecule has 30 heavy (non-hydrogen) atoms. The topological polar surface area (TPSA) is 84.9 Å². The number of piperazine rings is 1. The summed E-state index contributed by atoms with van der Waals surface area (Å²) in [5.74, 6) is -0.524. The molecule has 0 radical (unpaired) electrons. The van der Waals surface area contributed by atoms with Crippen LogP contribution in [0.25, 0.3) is 0 Å². The average Bonchev–Trinajstić information content (AvgIpc) is 3.23. The third kappa shape index (κ3) is 4.30. The van der Waals surface area contributed by atoms with Crippen molar-refractivity contribution in [3.63, 3.8) is 0 Å². The molecular formula is C22H31FN4O3. The summed E-state index contributed by atoms with van der Waals surface area (Å²) in [5, 5.41) is 15.4. The molecule has 164 valence electrons. The maximum Gasteiger partial charge on any atom is 0.248 e. The van der Waals surface area contributed by atoms with Crippen molar-refractivity contribution < 1.29 is 19.1 Å². The highest BCUT2D eigenvalue weighted by molar-refractivity contribution is 5.88. The van der Waals surface area contributed by atoms with Crippen molar-refractivity contribution in [3.05, 3.63) is 29.1 Å². The molecule has 3 aliphatic rings. The summed E-state index contributed by atoms with van der Waals surface area (Å²) in [6, 6.07) is 3.29. The van der Waals surface area contributed by atoms with Crippen molar-refractivity contribution in [2.24, 2.45) is 0 Å². The van der Waals surface area contributed by atoms with Crippen LogP contribution in [0, 0.1) is 12.7 Å². The van der Waals surface area contributed by atoms with Crippen LogP contribution in [0.4, 0.5) is 10.1 Å². The maximum absolute atomic E-state index is 14.1. The minimum absolute atomic E-state index is 0.0611. The van der Waals surface area contributed by atoms with Gasteiger partial charge >= 0.3 is 0 Å². The van der Waals surface area contributed by atoms with Crippen molar-refractivity contribution in [1.29, 1.82) is 0 Å². The summed E-state index contributed by atoms with van der Waals surface area (Å²) in [6.45, 7) is 4.37. The number of benzene rings is 1. The number of halogens is 1. The van der Waals surface area contributed by atoms with Crippen LogP contribution in [0.5, 0.6) is 0 Å². The Labute approximate surface area is 176 Å². The van der Waals surface area contributed by atoms with E-state index in [1.54, 1.807) is 11.0 Å². The minimum Gasteiger partial charge on any atom is -0.387 e. The van der Waals surface area contributed by atoms with Gasteiger partial charge in [-0.3, -0.25) is 14.5 Å². The lowest BCUT2D eigenvalue weighted by Crippen LogP contribution is -2.55. The van der Waals surface area contributed by atoms with Gasteiger partial charge in [-0.25, -0.2) is 4.39 Å². The van der Waals surface area contributed by atoms with E-state index in [4.69, 9.17) is 5.11 Å². The van der Waals surface area contributed by atoms with Gasteiger partial charge < -0.3 is 20.6 Å². The summed E-state index contributed by atoms with van der Waals surface area (Å²) < 4.78 is 14.1. The maximum atomic E-state index is 14.1. The second kappa shape index (κ2) is 8.89. The van der Waals surface area contributed by atoms with Gasteiger partial charge in [0.15, 0.2) is 0 Å². The fourth-order valence-corrected chi connectivity index (χ4v) is 5.09. The molecule has 2 amide bonds. The number of rotatable bonds is 4. The lowest BCUT2D eigenvalue weighted by atomic mass is 9.89. The third-order valence-corrected chi connectivity index (χ3v) is 6.82. The van der Waals surface area contributed by atoms with E-state index in [1.807, 2.05) is 6.92 Å². The highest BCUT2D eigenvalue weighted by atomic mass is 19.1. The number of fused-ring (bicyclic) bond motifs is 1. The van der Waals surface area contributed by atoms with Gasteiger partial charge in [0.2, 0.25) is 11.8 Å². The number of aliphatic hydroxyl groups excluding tert-OH is 1. The summed E-state index contributed by atoms with van der Waals surface area (Å²) in [6.07, 6.45) is 4.38. The number of anilines is 1. The van der Waals surface area contributed by atoms with Gasteiger partial charge in [0.1, 0.15) is 18.5 Å². The van der Waals surface area contributed by atoms with Gasteiger partial charge in [-0.15, -0.1) is 0 Å². The second-order valence-electron chi connectivity index (χ2n) is 8.72. The Morgan fingerprint density at radius 2 is 2.00 bits per heavy atom. The molecule has 0 bridgehead atoms. The Bertz CT molecular complexity index is 779. The number of nitrogens with zero attached hydrogens (tertiary/aromatic N) is 2. The molecule has 2 aliphatic heterocycles. The molecule has 1 aromatic rings. The van der Waals surface area contributed by atoms with E-state index in [1.165, 1.54) is 6.07 Å². The molecule has 7 nitrogen and oxygen atoms in total. The molecule has 8 heteroatoms. The fraction of sp³-hybridized carbons (Fsp3) is 0.636. The van der Waals surface area contributed by atoms with Crippen LogP contribution in [0.2, 0.25) is 0 Å². The predicted molar refractivity (Wildman–Crippen MR) is 112 cm³/mol. The monoisotopic (exact) mass is 418 g/mol. The number of carbonyl (C=O) groups excluding carboxylic acids is 2. The molecule has 2 heterocycles. The van der Waals surface area contributed by atoms with E-state index in [9.17, 15) is 14.0 Å². The van der Waals surface area contributed by atoms with Crippen molar-refractivity contribution in [2.75, 3.05) is 38.1 Å². The largest absolute Gasteiger partial charge is 0.387 e. The van der Waals surface area contributed by atoms with E-state index in [-0.39, 0.29) is 23.7 Å². The quantitative estimate of drug-likeness (QED) is 0.680. The zero-order chi connectivity index (χ0) is 21.3. The average molecular weight is 419 g/mol. The number of hydrogen-bond acceptors (Lipinski definition) is 5. The van der Waals surface area contributed by atoms with Gasteiger partial charge in [0.05, 0.1) is 0 Å². The van der Waals surface area contributed by atoms with Crippen molar-refractivity contribution in [3.8, 4) is 0 Å². The first-order chi connectivity index (χ1) is 14.5. The molecule has 1 saturated heterocycles. The lowest BCUT2D eigenvalue weighted by Gasteiger charge is -2.42. The van der Waals surface area contributed by atoms with E-state index in [0.29, 0.717) is 31.1 Å². The Kier molecular flexibility index (Phi) is 6.24. The van der Waals surface area contributed by atoms with E-state index in [2.05, 4.69) is 15.5 Å². The number of amides is 2. The van der Waals surface area contributed by atoms with Crippen LogP contribution in [-0.2, 0) is 16.0 Å². The minimum atomic E-state index is -0.431. The van der Waals surface area contributed by atoms with Crippen LogP contribution in [0.1, 0.15) is 36.8 Å². The molecule has 1 aromatic carbocycles. The zero-order valence-corrected chi connectivity index (χ0v) is 17.5. The van der Waals surface area contributed by atoms with E-state index >= 15 is 0 Å². The van der Waals surface area contributed by atoms with Gasteiger partial charge in [-0.2, -0.15) is 0 Å². The third-order valence-electron chi connectivity index (χ3n) is 6.82. The smallest absolute Gasteiger partial charge is 0.248 e. The summed E-state index contributed by atoms with van der Waals surface area (Å²) >= 11 is 0. The Morgan fingerprint density at radius 1 is 1.23 bits per heavy atom. The fourth-order valence-electron chi connectivity index (χ4n) is 5.09. The first-order valence-electron chi connectivity index (χ1n) is 10.9. The molecule has 1 saturated carbocycles. The predicted octanol–water partition coefficient (Wildman–Crippen LogP) is 1.03. The molecule has 3 N–H and O–H groups in total. The Morgan fingerprint density at radius 3 is 2.70 bits per heavy atom. The Balaban J connectivity index is 1.30. The molecule has 1 unspecified atom stereocenters. The van der Waals surface area contributed by atoms with Gasteiger partial charge in [-0.05, 0) is 44.2 Å². The van der Waals surface area contributed by atoms with Crippen molar-refractivity contribution in [2.45, 2.75) is 57.2 Å².